The molecule has 0 atom stereocenters. The summed E-state index contributed by atoms with van der Waals surface area (Å²) in [6.07, 6.45) is 0. The van der Waals surface area contributed by atoms with Crippen molar-refractivity contribution in [1.82, 2.24) is 0 Å². The molecule has 0 aliphatic heterocycles. The van der Waals surface area contributed by atoms with Gasteiger partial charge in [0.2, 0.25) is 0 Å². The van der Waals surface area contributed by atoms with Crippen LogP contribution in [0.3, 0.4) is 0 Å². The second-order valence-corrected chi connectivity index (χ2v) is 3.16. The van der Waals surface area contributed by atoms with E-state index in [0.717, 1.165) is 12.1 Å². The van der Waals surface area contributed by atoms with E-state index in [1.165, 1.54) is 12.1 Å². The number of fused-ring (bicyclic) bond motifs is 1. The van der Waals surface area contributed by atoms with Gasteiger partial charge in [-0.1, -0.05) is 12.1 Å². The average Bonchev–Trinajstić information content (AvgIpc) is 2.27. The number of nitro benzene ring substituents is 2. The molecule has 2 aromatic carbocycles. The molecule has 16 heavy (non-hydrogen) atoms. The molecule has 0 spiro atoms. The second-order valence-electron chi connectivity index (χ2n) is 3.16. The lowest BCUT2D eigenvalue weighted by Crippen LogP contribution is -1.93. The van der Waals surface area contributed by atoms with E-state index in [1.54, 1.807) is 12.1 Å². The number of nitrogens with zero attached hydrogens (tertiary/aromatic N) is 2. The first-order valence-electron chi connectivity index (χ1n) is 4.42. The Balaban J connectivity index is 2.87. The van der Waals surface area contributed by atoms with Gasteiger partial charge in [0.15, 0.2) is 0 Å². The van der Waals surface area contributed by atoms with Gasteiger partial charge >= 0.3 is 0 Å². The second kappa shape index (κ2) is 3.58. The third kappa shape index (κ3) is 1.46. The zero-order valence-electron chi connectivity index (χ0n) is 7.99. The van der Waals surface area contributed by atoms with E-state index >= 15 is 0 Å². The topological polar surface area (TPSA) is 86.3 Å². The van der Waals surface area contributed by atoms with Gasteiger partial charge in [-0.15, -0.1) is 0 Å². The Hall–Kier alpha value is -2.50. The predicted octanol–water partition coefficient (Wildman–Crippen LogP) is 2.66. The first kappa shape index (κ1) is 10.0. The van der Waals surface area contributed by atoms with Gasteiger partial charge in [0.1, 0.15) is 0 Å². The average molecular weight is 218 g/mol. The summed E-state index contributed by atoms with van der Waals surface area (Å²) in [6.45, 7) is 0. The van der Waals surface area contributed by atoms with Crippen molar-refractivity contribution < 1.29 is 9.85 Å². The van der Waals surface area contributed by atoms with Gasteiger partial charge in [0, 0.05) is 12.1 Å². The molecule has 0 unspecified atom stereocenters. The number of hydrogen-bond donors (Lipinski definition) is 0. The Bertz CT molecular complexity index is 542. The third-order valence-corrected chi connectivity index (χ3v) is 2.27. The van der Waals surface area contributed by atoms with Crippen LogP contribution in [0.2, 0.25) is 0 Å². The molecule has 0 aliphatic carbocycles. The largest absolute Gasteiger partial charge is 0.277 e. The van der Waals surface area contributed by atoms with Crippen molar-refractivity contribution in [3.05, 3.63) is 56.6 Å². The van der Waals surface area contributed by atoms with Crippen molar-refractivity contribution in [1.29, 1.82) is 0 Å². The smallest absolute Gasteiger partial charge is 0.258 e. The zero-order chi connectivity index (χ0) is 11.7. The quantitative estimate of drug-likeness (QED) is 0.572. The number of rotatable bonds is 2. The monoisotopic (exact) mass is 218 g/mol. The summed E-state index contributed by atoms with van der Waals surface area (Å²) in [7, 11) is 0. The highest BCUT2D eigenvalue weighted by Crippen LogP contribution is 2.32. The molecule has 6 nitrogen and oxygen atoms in total. The Morgan fingerprint density at radius 2 is 1.12 bits per heavy atom. The molecular weight excluding hydrogens is 212 g/mol. The maximum absolute atomic E-state index is 10.7. The molecule has 0 N–H and O–H groups in total. The summed E-state index contributed by atoms with van der Waals surface area (Å²) in [6, 6.07) is 8.53. The fourth-order valence-corrected chi connectivity index (χ4v) is 1.59. The van der Waals surface area contributed by atoms with Gasteiger partial charge in [-0.05, 0) is 12.1 Å². The standard InChI is InChI=1S/C10H6N2O4/c13-11(14)9-5-6-10(12(15)16)8-4-2-1-3-7(8)9/h1-6H. The minimum absolute atomic E-state index is 0.124. The van der Waals surface area contributed by atoms with Crippen LogP contribution in [0, 0.1) is 20.2 Å². The normalized spacial score (nSPS) is 10.2. The van der Waals surface area contributed by atoms with Crippen LogP contribution in [0.5, 0.6) is 0 Å². The lowest BCUT2D eigenvalue weighted by atomic mass is 10.1. The van der Waals surface area contributed by atoms with E-state index in [0.29, 0.717) is 0 Å². The molecular formula is C10H6N2O4. The molecule has 0 aliphatic rings. The number of non-ortho nitro benzene ring substituents is 2. The van der Waals surface area contributed by atoms with Crippen LogP contribution < -0.4 is 0 Å². The van der Waals surface area contributed by atoms with Crippen LogP contribution >= 0.6 is 0 Å². The fraction of sp³-hybridized carbons (Fsp3) is 0. The summed E-state index contributed by atoms with van der Waals surface area (Å²) >= 11 is 0. The van der Waals surface area contributed by atoms with E-state index in [9.17, 15) is 20.2 Å². The van der Waals surface area contributed by atoms with Gasteiger partial charge in [-0.2, -0.15) is 0 Å². The minimum Gasteiger partial charge on any atom is -0.258 e. The van der Waals surface area contributed by atoms with Crippen LogP contribution in [-0.4, -0.2) is 9.85 Å². The van der Waals surface area contributed by atoms with Crippen LogP contribution in [0.1, 0.15) is 0 Å². The molecule has 2 rings (SSSR count). The Kier molecular flexibility index (Phi) is 2.24. The van der Waals surface area contributed by atoms with Crippen LogP contribution in [-0.2, 0) is 0 Å². The highest BCUT2D eigenvalue weighted by Gasteiger charge is 2.18. The van der Waals surface area contributed by atoms with Crippen molar-refractivity contribution in [2.45, 2.75) is 0 Å². The maximum Gasteiger partial charge on any atom is 0.277 e. The SMILES string of the molecule is O=[N+]([O-])c1ccc([N+](=O)[O-])c2ccccc12. The molecule has 2 aromatic rings. The first-order chi connectivity index (χ1) is 7.61. The van der Waals surface area contributed by atoms with Crippen LogP contribution in [0.25, 0.3) is 10.8 Å². The van der Waals surface area contributed by atoms with Gasteiger partial charge in [0.25, 0.3) is 11.4 Å². The van der Waals surface area contributed by atoms with E-state index in [4.69, 9.17) is 0 Å². The molecule has 6 heteroatoms. The van der Waals surface area contributed by atoms with E-state index < -0.39 is 9.85 Å². The number of nitro groups is 2. The van der Waals surface area contributed by atoms with Crippen molar-refractivity contribution in [3.8, 4) is 0 Å². The maximum atomic E-state index is 10.7. The summed E-state index contributed by atoms with van der Waals surface area (Å²) in [5, 5.41) is 22.0. The van der Waals surface area contributed by atoms with E-state index in [2.05, 4.69) is 0 Å². The van der Waals surface area contributed by atoms with Crippen molar-refractivity contribution in [2.75, 3.05) is 0 Å². The molecule has 80 valence electrons. The Morgan fingerprint density at radius 3 is 1.44 bits per heavy atom. The van der Waals surface area contributed by atoms with Crippen molar-refractivity contribution in [2.24, 2.45) is 0 Å². The summed E-state index contributed by atoms with van der Waals surface area (Å²) in [5.41, 5.74) is -0.248. The van der Waals surface area contributed by atoms with Crippen molar-refractivity contribution >= 4 is 22.1 Å². The molecule has 0 heterocycles. The Labute approximate surface area is 89.4 Å². The van der Waals surface area contributed by atoms with Gasteiger partial charge in [-0.25, -0.2) is 0 Å². The van der Waals surface area contributed by atoms with Gasteiger partial charge < -0.3 is 0 Å². The Morgan fingerprint density at radius 1 is 0.750 bits per heavy atom. The molecule has 0 amide bonds. The molecule has 0 saturated heterocycles. The van der Waals surface area contributed by atoms with E-state index in [-0.39, 0.29) is 22.1 Å². The van der Waals surface area contributed by atoms with Crippen molar-refractivity contribution in [3.63, 3.8) is 0 Å². The summed E-state index contributed by atoms with van der Waals surface area (Å²) in [5.74, 6) is 0. The highest BCUT2D eigenvalue weighted by molar-refractivity contribution is 5.97. The zero-order valence-corrected chi connectivity index (χ0v) is 7.99. The molecule has 0 bridgehead atoms. The summed E-state index contributed by atoms with van der Waals surface area (Å²) in [4.78, 5) is 20.4. The van der Waals surface area contributed by atoms with Crippen LogP contribution in [0.4, 0.5) is 11.4 Å². The molecule has 0 radical (unpaired) electrons. The van der Waals surface area contributed by atoms with Gasteiger partial charge in [0.05, 0.1) is 20.6 Å². The van der Waals surface area contributed by atoms with E-state index in [1.807, 2.05) is 0 Å². The third-order valence-electron chi connectivity index (χ3n) is 2.27. The molecule has 0 saturated carbocycles. The lowest BCUT2D eigenvalue weighted by molar-refractivity contribution is -0.386. The highest BCUT2D eigenvalue weighted by atomic mass is 16.6. The lowest BCUT2D eigenvalue weighted by Gasteiger charge is -2.00. The first-order valence-corrected chi connectivity index (χ1v) is 4.42. The summed E-state index contributed by atoms with van der Waals surface area (Å²) < 4.78 is 0. The fourth-order valence-electron chi connectivity index (χ4n) is 1.59. The van der Waals surface area contributed by atoms with Gasteiger partial charge in [-0.3, -0.25) is 20.2 Å². The number of benzene rings is 2. The minimum atomic E-state index is -0.550. The van der Waals surface area contributed by atoms with Crippen LogP contribution in [0.15, 0.2) is 36.4 Å². The predicted molar refractivity (Wildman–Crippen MR) is 57.3 cm³/mol. The number of hydrogen-bond acceptors (Lipinski definition) is 4. The molecule has 0 aromatic heterocycles. The molecule has 0 fully saturated rings.